The Morgan fingerprint density at radius 3 is 2.45 bits per heavy atom. The maximum absolute atomic E-state index is 5.86. The molecule has 1 aliphatic rings. The number of anilines is 1. The quantitative estimate of drug-likeness (QED) is 0.269. The van der Waals surface area contributed by atoms with E-state index in [9.17, 15) is 0 Å². The average molecular weight is 558 g/mol. The van der Waals surface area contributed by atoms with Gasteiger partial charge in [0.25, 0.3) is 0 Å². The van der Waals surface area contributed by atoms with Gasteiger partial charge in [-0.25, -0.2) is 15.0 Å². The lowest BCUT2D eigenvalue weighted by atomic mass is 10.2. The second-order valence-electron chi connectivity index (χ2n) is 7.61. The van der Waals surface area contributed by atoms with Gasteiger partial charge in [-0.15, -0.1) is 24.0 Å². The summed E-state index contributed by atoms with van der Waals surface area (Å²) in [4.78, 5) is 18.3. The molecule has 0 spiro atoms. The van der Waals surface area contributed by atoms with E-state index < -0.39 is 0 Å². The zero-order valence-corrected chi connectivity index (χ0v) is 21.3. The third-order valence-electron chi connectivity index (χ3n) is 5.33. The lowest BCUT2D eigenvalue weighted by molar-refractivity contribution is 0.293. The van der Waals surface area contributed by atoms with E-state index in [0.717, 1.165) is 55.6 Å². The summed E-state index contributed by atoms with van der Waals surface area (Å²) >= 11 is 0. The van der Waals surface area contributed by atoms with Crippen LogP contribution in [0.1, 0.15) is 18.1 Å². The van der Waals surface area contributed by atoms with Crippen molar-refractivity contribution >= 4 is 35.8 Å². The fourth-order valence-corrected chi connectivity index (χ4v) is 3.64. The van der Waals surface area contributed by atoms with Crippen LogP contribution in [0.2, 0.25) is 0 Å². The molecule has 0 amide bonds. The second kappa shape index (κ2) is 13.0. The number of pyridine rings is 2. The van der Waals surface area contributed by atoms with Crippen molar-refractivity contribution < 1.29 is 4.74 Å². The first-order valence-corrected chi connectivity index (χ1v) is 11.1. The van der Waals surface area contributed by atoms with E-state index in [-0.39, 0.29) is 24.0 Å². The number of rotatable bonds is 7. The SMILES string of the molecule is CCNC(=NCc1ccnc(OCc2ccccc2)c1)N1CCN(c2ccccn2)CC1.I. The van der Waals surface area contributed by atoms with Crippen LogP contribution in [0.25, 0.3) is 0 Å². The van der Waals surface area contributed by atoms with Crippen molar-refractivity contribution in [3.8, 4) is 5.88 Å². The van der Waals surface area contributed by atoms with Gasteiger partial charge in [-0.2, -0.15) is 0 Å². The molecule has 33 heavy (non-hydrogen) atoms. The predicted molar refractivity (Wildman–Crippen MR) is 143 cm³/mol. The summed E-state index contributed by atoms with van der Waals surface area (Å²) in [5.74, 6) is 2.60. The number of nitrogens with zero attached hydrogens (tertiary/aromatic N) is 5. The first kappa shape index (κ1) is 24.8. The minimum absolute atomic E-state index is 0. The van der Waals surface area contributed by atoms with Gasteiger partial charge in [-0.05, 0) is 36.2 Å². The monoisotopic (exact) mass is 558 g/mol. The number of nitrogens with one attached hydrogen (secondary N) is 1. The van der Waals surface area contributed by atoms with Gasteiger partial charge in [0.2, 0.25) is 5.88 Å². The number of guanidine groups is 1. The van der Waals surface area contributed by atoms with E-state index in [2.05, 4.69) is 38.1 Å². The molecule has 3 aromatic rings. The summed E-state index contributed by atoms with van der Waals surface area (Å²) < 4.78 is 5.86. The van der Waals surface area contributed by atoms with E-state index in [1.165, 1.54) is 0 Å². The molecule has 1 N–H and O–H groups in total. The van der Waals surface area contributed by atoms with Crippen LogP contribution in [0.4, 0.5) is 5.82 Å². The van der Waals surface area contributed by atoms with Gasteiger partial charge < -0.3 is 19.9 Å². The van der Waals surface area contributed by atoms with Gasteiger partial charge in [0.05, 0.1) is 6.54 Å². The zero-order chi connectivity index (χ0) is 22.0. The molecule has 0 bridgehead atoms. The molecule has 174 valence electrons. The van der Waals surface area contributed by atoms with Crippen molar-refractivity contribution in [1.82, 2.24) is 20.2 Å². The maximum Gasteiger partial charge on any atom is 0.213 e. The average Bonchev–Trinajstić information content (AvgIpc) is 2.87. The molecule has 1 saturated heterocycles. The van der Waals surface area contributed by atoms with E-state index in [1.54, 1.807) is 6.20 Å². The second-order valence-corrected chi connectivity index (χ2v) is 7.61. The highest BCUT2D eigenvalue weighted by Crippen LogP contribution is 2.15. The largest absolute Gasteiger partial charge is 0.473 e. The predicted octanol–water partition coefficient (Wildman–Crippen LogP) is 3.96. The lowest BCUT2D eigenvalue weighted by Gasteiger charge is -2.37. The van der Waals surface area contributed by atoms with E-state index >= 15 is 0 Å². The molecule has 0 radical (unpaired) electrons. The number of aromatic nitrogens is 2. The molecular formula is C25H31IN6O. The molecule has 1 fully saturated rings. The third kappa shape index (κ3) is 7.31. The Morgan fingerprint density at radius 1 is 0.939 bits per heavy atom. The summed E-state index contributed by atoms with van der Waals surface area (Å²) in [6, 6.07) is 20.1. The topological polar surface area (TPSA) is 65.9 Å². The molecule has 7 nitrogen and oxygen atoms in total. The van der Waals surface area contributed by atoms with Crippen molar-refractivity contribution in [2.75, 3.05) is 37.6 Å². The fourth-order valence-electron chi connectivity index (χ4n) is 3.64. The molecular weight excluding hydrogens is 527 g/mol. The Hall–Kier alpha value is -2.88. The maximum atomic E-state index is 5.86. The van der Waals surface area contributed by atoms with Crippen LogP contribution in [0.3, 0.4) is 0 Å². The van der Waals surface area contributed by atoms with Crippen LogP contribution in [0.5, 0.6) is 5.88 Å². The number of hydrogen-bond acceptors (Lipinski definition) is 5. The van der Waals surface area contributed by atoms with Gasteiger partial charge in [-0.3, -0.25) is 0 Å². The summed E-state index contributed by atoms with van der Waals surface area (Å²) in [6.07, 6.45) is 3.63. The number of piperazine rings is 1. The highest BCUT2D eigenvalue weighted by Gasteiger charge is 2.20. The summed E-state index contributed by atoms with van der Waals surface area (Å²) in [5, 5.41) is 3.43. The number of ether oxygens (including phenoxy) is 1. The van der Waals surface area contributed by atoms with E-state index in [1.807, 2.05) is 60.8 Å². The fraction of sp³-hybridized carbons (Fsp3) is 0.320. The first-order chi connectivity index (χ1) is 15.8. The first-order valence-electron chi connectivity index (χ1n) is 11.1. The van der Waals surface area contributed by atoms with Crippen molar-refractivity contribution in [1.29, 1.82) is 0 Å². The Labute approximate surface area is 212 Å². The standard InChI is InChI=1S/C25H30N6O.HI/c1-2-26-25(31-16-14-30(15-17-31)23-10-6-7-12-27-23)29-19-22-11-13-28-24(18-22)32-20-21-8-4-3-5-9-21;/h3-13,18H,2,14-17,19-20H2,1H3,(H,26,29);1H. The lowest BCUT2D eigenvalue weighted by Crippen LogP contribution is -2.52. The van der Waals surface area contributed by atoms with Crippen LogP contribution in [0, 0.1) is 0 Å². The summed E-state index contributed by atoms with van der Waals surface area (Å²) in [5.41, 5.74) is 2.20. The zero-order valence-electron chi connectivity index (χ0n) is 18.9. The van der Waals surface area contributed by atoms with E-state index in [0.29, 0.717) is 19.0 Å². The third-order valence-corrected chi connectivity index (χ3v) is 5.33. The summed E-state index contributed by atoms with van der Waals surface area (Å²) in [6.45, 7) is 7.68. The number of aliphatic imine (C=N–C) groups is 1. The van der Waals surface area contributed by atoms with Gasteiger partial charge in [0.15, 0.2) is 5.96 Å². The Morgan fingerprint density at radius 2 is 1.73 bits per heavy atom. The molecule has 0 atom stereocenters. The van der Waals surface area contributed by atoms with Crippen LogP contribution in [0.15, 0.2) is 78.0 Å². The number of halogens is 1. The van der Waals surface area contributed by atoms with Crippen molar-refractivity contribution in [3.05, 3.63) is 84.2 Å². The van der Waals surface area contributed by atoms with Crippen LogP contribution in [-0.4, -0.2) is 53.6 Å². The Balaban J connectivity index is 0.00000306. The smallest absolute Gasteiger partial charge is 0.213 e. The minimum atomic E-state index is 0. The molecule has 4 rings (SSSR count). The van der Waals surface area contributed by atoms with Crippen LogP contribution >= 0.6 is 24.0 Å². The van der Waals surface area contributed by atoms with E-state index in [4.69, 9.17) is 9.73 Å². The summed E-state index contributed by atoms with van der Waals surface area (Å²) in [7, 11) is 0. The van der Waals surface area contributed by atoms with Crippen LogP contribution < -0.4 is 15.0 Å². The van der Waals surface area contributed by atoms with Gasteiger partial charge in [0, 0.05) is 51.2 Å². The molecule has 8 heteroatoms. The molecule has 3 heterocycles. The van der Waals surface area contributed by atoms with Crippen molar-refractivity contribution in [2.45, 2.75) is 20.1 Å². The molecule has 2 aromatic heterocycles. The van der Waals surface area contributed by atoms with Gasteiger partial charge >= 0.3 is 0 Å². The van der Waals surface area contributed by atoms with Crippen LogP contribution in [-0.2, 0) is 13.2 Å². The molecule has 0 unspecified atom stereocenters. The molecule has 0 saturated carbocycles. The van der Waals surface area contributed by atoms with Gasteiger partial charge in [0.1, 0.15) is 12.4 Å². The molecule has 0 aliphatic carbocycles. The normalized spacial score (nSPS) is 13.9. The number of hydrogen-bond donors (Lipinski definition) is 1. The van der Waals surface area contributed by atoms with Gasteiger partial charge in [-0.1, -0.05) is 36.4 Å². The van der Waals surface area contributed by atoms with Crippen molar-refractivity contribution in [2.24, 2.45) is 4.99 Å². The minimum Gasteiger partial charge on any atom is -0.473 e. The Kier molecular flexibility index (Phi) is 9.74. The molecule has 1 aliphatic heterocycles. The highest BCUT2D eigenvalue weighted by molar-refractivity contribution is 14.0. The molecule has 1 aromatic carbocycles. The highest BCUT2D eigenvalue weighted by atomic mass is 127. The van der Waals surface area contributed by atoms with Crippen molar-refractivity contribution in [3.63, 3.8) is 0 Å². The number of benzene rings is 1. The Bertz CT molecular complexity index is 994.